The molecule has 0 fully saturated rings. The van der Waals surface area contributed by atoms with Crippen molar-refractivity contribution in [1.29, 1.82) is 0 Å². The summed E-state index contributed by atoms with van der Waals surface area (Å²) in [5, 5.41) is 8.44. The molecular weight excluding hydrogens is 600 g/mol. The monoisotopic (exact) mass is 626 g/mol. The number of carbonyl (C=O) groups excluding carboxylic acids is 1. The number of urea groups is 1. The van der Waals surface area contributed by atoms with E-state index in [0.717, 1.165) is 42.9 Å². The van der Waals surface area contributed by atoms with Crippen molar-refractivity contribution in [1.82, 2.24) is 4.90 Å². The van der Waals surface area contributed by atoms with Gasteiger partial charge in [0, 0.05) is 66.6 Å². The van der Waals surface area contributed by atoms with Crippen LogP contribution in [0, 0.1) is 0 Å². The number of anilines is 1. The molecule has 0 aliphatic carbocycles. The largest absolute Gasteiger partial charge is 0.325 e. The fraction of sp³-hybridized carbons (Fsp3) is 0.108. The Bertz CT molecular complexity index is 2310. The summed E-state index contributed by atoms with van der Waals surface area (Å²) in [6, 6.07) is 30.5. The van der Waals surface area contributed by atoms with Crippen molar-refractivity contribution < 1.29 is 4.79 Å². The van der Waals surface area contributed by atoms with E-state index in [-0.39, 0.29) is 16.9 Å². The molecule has 6 heteroatoms. The number of para-hydroxylation sites is 1. The molecule has 7 aromatic rings. The van der Waals surface area contributed by atoms with Gasteiger partial charge >= 0.3 is 6.03 Å². The highest BCUT2D eigenvalue weighted by Crippen LogP contribution is 2.49. The lowest BCUT2D eigenvalue weighted by Gasteiger charge is -2.22. The number of nitrogens with zero attached hydrogens (tertiary/aromatic N) is 1. The zero-order valence-electron chi connectivity index (χ0n) is 23.7. The van der Waals surface area contributed by atoms with Crippen LogP contribution in [0.3, 0.4) is 0 Å². The van der Waals surface area contributed by atoms with Gasteiger partial charge in [0.1, 0.15) is 0 Å². The molecule has 210 valence electrons. The molecule has 7 rings (SSSR count). The molecule has 0 atom stereocenters. The Hall–Kier alpha value is -4.81. The average Bonchev–Trinajstić information content (AvgIpc) is 3.49. The molecular formula is C37H27BrN2O3. The zero-order valence-corrected chi connectivity index (χ0v) is 25.3. The van der Waals surface area contributed by atoms with Gasteiger partial charge in [0.15, 0.2) is 10.9 Å². The van der Waals surface area contributed by atoms with Gasteiger partial charge in [-0.15, -0.1) is 0 Å². The van der Waals surface area contributed by atoms with Gasteiger partial charge < -0.3 is 10.2 Å². The van der Waals surface area contributed by atoms with E-state index < -0.39 is 0 Å². The molecule has 0 spiro atoms. The smallest absolute Gasteiger partial charge is 0.321 e. The van der Waals surface area contributed by atoms with Crippen LogP contribution in [-0.2, 0) is 0 Å². The molecule has 2 amide bonds. The Morgan fingerprint density at radius 2 is 1.16 bits per heavy atom. The second kappa shape index (κ2) is 10.5. The van der Waals surface area contributed by atoms with Crippen LogP contribution in [0.5, 0.6) is 0 Å². The standard InChI is InChI=1S/C37H27BrN2O3/c1-3-40(4-2)37(43)39-28-16-10-9-15-27(28)32-29(21-17-19-22(38)20-18-21)33-31(24-12-6-8-14-26(24)35(33)41)34-30(32)23-11-5-7-13-25(23)36(34)42/h5-20H,3-4H2,1-2H3,(H,39,43). The van der Waals surface area contributed by atoms with Crippen LogP contribution in [0.25, 0.3) is 65.3 Å². The molecule has 0 radical (unpaired) electrons. The summed E-state index contributed by atoms with van der Waals surface area (Å²) in [5.41, 5.74) is 3.50. The maximum Gasteiger partial charge on any atom is 0.321 e. The first-order valence-corrected chi connectivity index (χ1v) is 15.2. The van der Waals surface area contributed by atoms with Crippen molar-refractivity contribution in [3.63, 3.8) is 0 Å². The number of benzene rings is 5. The van der Waals surface area contributed by atoms with Gasteiger partial charge in [0.25, 0.3) is 0 Å². The van der Waals surface area contributed by atoms with Crippen molar-refractivity contribution in [2.24, 2.45) is 0 Å². The number of carbonyl (C=O) groups is 1. The first-order valence-electron chi connectivity index (χ1n) is 14.4. The van der Waals surface area contributed by atoms with Crippen molar-refractivity contribution in [3.8, 4) is 22.3 Å². The minimum absolute atomic E-state index is 0.0976. The predicted octanol–water partition coefficient (Wildman–Crippen LogP) is 8.87. The SMILES string of the molecule is CCN(CC)C(=O)Nc1ccccc1-c1c(-c2ccc(Br)cc2)c2c(=O)c3ccccc3c2c2c(=O)c3ccccc3c12. The zero-order chi connectivity index (χ0) is 29.8. The fourth-order valence-electron chi connectivity index (χ4n) is 6.50. The normalized spacial score (nSPS) is 11.6. The highest BCUT2D eigenvalue weighted by molar-refractivity contribution is 9.10. The Labute approximate surface area is 256 Å². The number of nitrogens with one attached hydrogen (secondary N) is 1. The Kier molecular flexibility index (Phi) is 6.59. The molecule has 0 heterocycles. The average molecular weight is 628 g/mol. The van der Waals surface area contributed by atoms with Crippen molar-refractivity contribution in [3.05, 3.63) is 122 Å². The van der Waals surface area contributed by atoms with Crippen LogP contribution >= 0.6 is 15.9 Å². The van der Waals surface area contributed by atoms with Gasteiger partial charge in [-0.2, -0.15) is 0 Å². The van der Waals surface area contributed by atoms with Crippen LogP contribution in [0.4, 0.5) is 10.5 Å². The third-order valence-electron chi connectivity index (χ3n) is 8.46. The molecule has 7 aromatic carbocycles. The van der Waals surface area contributed by atoms with E-state index in [1.54, 1.807) is 4.90 Å². The number of hydrogen-bond donors (Lipinski definition) is 1. The van der Waals surface area contributed by atoms with Crippen LogP contribution in [0.1, 0.15) is 13.8 Å². The molecule has 0 bridgehead atoms. The van der Waals surface area contributed by atoms with Crippen LogP contribution in [0.15, 0.2) is 111 Å². The molecule has 0 saturated heterocycles. The first kappa shape index (κ1) is 27.0. The minimum atomic E-state index is -0.208. The summed E-state index contributed by atoms with van der Waals surface area (Å²) in [5.74, 6) is 0. The lowest BCUT2D eigenvalue weighted by Crippen LogP contribution is -2.34. The van der Waals surface area contributed by atoms with E-state index in [1.165, 1.54) is 0 Å². The molecule has 0 aromatic heterocycles. The summed E-state index contributed by atoms with van der Waals surface area (Å²) >= 11 is 3.56. The molecule has 0 saturated carbocycles. The predicted molar refractivity (Wildman–Crippen MR) is 182 cm³/mol. The molecule has 0 aliphatic rings. The minimum Gasteiger partial charge on any atom is -0.325 e. The van der Waals surface area contributed by atoms with E-state index >= 15 is 0 Å². The lowest BCUT2D eigenvalue weighted by atomic mass is 9.86. The van der Waals surface area contributed by atoms with Gasteiger partial charge in [-0.1, -0.05) is 94.8 Å². The number of fused-ring (bicyclic) bond motifs is 7. The van der Waals surface area contributed by atoms with Gasteiger partial charge in [-0.25, -0.2) is 4.79 Å². The molecule has 1 N–H and O–H groups in total. The summed E-state index contributed by atoms with van der Waals surface area (Å²) < 4.78 is 0.914. The maximum atomic E-state index is 14.3. The van der Waals surface area contributed by atoms with E-state index in [1.807, 2.05) is 111 Å². The van der Waals surface area contributed by atoms with Gasteiger partial charge in [0.05, 0.1) is 5.69 Å². The number of rotatable bonds is 5. The highest BCUT2D eigenvalue weighted by atomic mass is 79.9. The molecule has 5 nitrogen and oxygen atoms in total. The fourth-order valence-corrected chi connectivity index (χ4v) is 6.76. The highest BCUT2D eigenvalue weighted by Gasteiger charge is 2.28. The van der Waals surface area contributed by atoms with E-state index in [0.29, 0.717) is 45.7 Å². The molecule has 43 heavy (non-hydrogen) atoms. The summed E-state index contributed by atoms with van der Waals surface area (Å²) in [6.45, 7) is 5.02. The quantitative estimate of drug-likeness (QED) is 0.207. The maximum absolute atomic E-state index is 14.3. The number of amides is 2. The molecule has 0 unspecified atom stereocenters. The van der Waals surface area contributed by atoms with Crippen LogP contribution in [-0.4, -0.2) is 24.0 Å². The second-order valence-corrected chi connectivity index (χ2v) is 11.6. The molecule has 0 aliphatic heterocycles. The Morgan fingerprint density at radius 3 is 1.79 bits per heavy atom. The Balaban J connectivity index is 1.74. The summed E-state index contributed by atoms with van der Waals surface area (Å²) in [7, 11) is 0. The third kappa shape index (κ3) is 4.08. The van der Waals surface area contributed by atoms with E-state index in [4.69, 9.17) is 0 Å². The number of hydrogen-bond acceptors (Lipinski definition) is 3. The third-order valence-corrected chi connectivity index (χ3v) is 8.99. The lowest BCUT2D eigenvalue weighted by molar-refractivity contribution is 0.217. The van der Waals surface area contributed by atoms with Crippen LogP contribution in [0.2, 0.25) is 0 Å². The van der Waals surface area contributed by atoms with Gasteiger partial charge in [0.2, 0.25) is 0 Å². The van der Waals surface area contributed by atoms with Crippen molar-refractivity contribution in [2.75, 3.05) is 18.4 Å². The van der Waals surface area contributed by atoms with Crippen molar-refractivity contribution >= 4 is 70.7 Å². The van der Waals surface area contributed by atoms with Gasteiger partial charge in [-0.3, -0.25) is 9.59 Å². The van der Waals surface area contributed by atoms with Gasteiger partial charge in [-0.05, 0) is 48.4 Å². The summed E-state index contributed by atoms with van der Waals surface area (Å²) in [4.78, 5) is 43.7. The first-order chi connectivity index (χ1) is 20.9. The Morgan fingerprint density at radius 1 is 0.628 bits per heavy atom. The topological polar surface area (TPSA) is 66.5 Å². The summed E-state index contributed by atoms with van der Waals surface area (Å²) in [6.07, 6.45) is 0. The van der Waals surface area contributed by atoms with E-state index in [9.17, 15) is 14.4 Å². The number of halogens is 1. The second-order valence-electron chi connectivity index (χ2n) is 10.7. The van der Waals surface area contributed by atoms with E-state index in [2.05, 4.69) is 21.2 Å². The van der Waals surface area contributed by atoms with Crippen molar-refractivity contribution in [2.45, 2.75) is 13.8 Å². The van der Waals surface area contributed by atoms with Crippen LogP contribution < -0.4 is 16.2 Å².